The Bertz CT molecular complexity index is 632. The van der Waals surface area contributed by atoms with Crippen LogP contribution < -0.4 is 4.74 Å². The summed E-state index contributed by atoms with van der Waals surface area (Å²) in [6, 6.07) is 13.9. The quantitative estimate of drug-likeness (QED) is 0.596. The number of hydrogen-bond donors (Lipinski definition) is 0. The molecule has 0 aliphatic heterocycles. The van der Waals surface area contributed by atoms with E-state index in [-0.39, 0.29) is 5.78 Å². The molecule has 2 aromatic rings. The van der Waals surface area contributed by atoms with Gasteiger partial charge in [0.15, 0.2) is 5.78 Å². The number of ether oxygens (including phenoxy) is 2. The average Bonchev–Trinajstić information content (AvgIpc) is 2.47. The molecule has 0 fully saturated rings. The third kappa shape index (κ3) is 3.70. The second kappa shape index (κ2) is 7.04. The van der Waals surface area contributed by atoms with Crippen molar-refractivity contribution in [3.63, 3.8) is 0 Å². The van der Waals surface area contributed by atoms with Crippen molar-refractivity contribution in [2.75, 3.05) is 20.3 Å². The Morgan fingerprint density at radius 2 is 1.86 bits per heavy atom. The van der Waals surface area contributed by atoms with Crippen LogP contribution in [-0.2, 0) is 4.74 Å². The number of carbonyl (C=O) groups is 1. The minimum atomic E-state index is -0.00116. The summed E-state index contributed by atoms with van der Waals surface area (Å²) < 4.78 is 10.7. The van der Waals surface area contributed by atoms with Crippen LogP contribution in [0, 0.1) is 6.92 Å². The number of carbonyl (C=O) groups excluding carboxylic acids is 1. The van der Waals surface area contributed by atoms with Gasteiger partial charge in [0.05, 0.1) is 12.2 Å². The molecule has 0 bridgehead atoms. The van der Waals surface area contributed by atoms with Crippen LogP contribution in [-0.4, -0.2) is 26.1 Å². The van der Waals surface area contributed by atoms with Crippen molar-refractivity contribution in [1.82, 2.24) is 0 Å². The third-order valence-corrected chi connectivity index (χ3v) is 3.36. The molecule has 0 aliphatic carbocycles. The second-order valence-corrected chi connectivity index (χ2v) is 4.92. The highest BCUT2D eigenvalue weighted by Crippen LogP contribution is 2.29. The summed E-state index contributed by atoms with van der Waals surface area (Å²) >= 11 is 0. The van der Waals surface area contributed by atoms with Crippen LogP contribution in [0.15, 0.2) is 42.5 Å². The van der Waals surface area contributed by atoms with Crippen molar-refractivity contribution in [3.8, 4) is 16.9 Å². The zero-order valence-electron chi connectivity index (χ0n) is 12.7. The summed E-state index contributed by atoms with van der Waals surface area (Å²) in [5.74, 6) is 0.610. The Hall–Kier alpha value is -2.13. The van der Waals surface area contributed by atoms with Gasteiger partial charge in [-0.15, -0.1) is 0 Å². The van der Waals surface area contributed by atoms with Crippen LogP contribution in [0.4, 0.5) is 0 Å². The predicted molar refractivity (Wildman–Crippen MR) is 84.0 cm³/mol. The number of rotatable bonds is 6. The van der Waals surface area contributed by atoms with Crippen LogP contribution in [0.5, 0.6) is 5.75 Å². The van der Waals surface area contributed by atoms with Crippen molar-refractivity contribution in [3.05, 3.63) is 53.6 Å². The van der Waals surface area contributed by atoms with Gasteiger partial charge in [0.25, 0.3) is 0 Å². The largest absolute Gasteiger partial charge is 0.490 e. The maximum atomic E-state index is 11.7. The first-order valence-corrected chi connectivity index (χ1v) is 6.96. The lowest BCUT2D eigenvalue weighted by molar-refractivity contribution is 0.100. The zero-order chi connectivity index (χ0) is 15.2. The smallest absolute Gasteiger partial charge is 0.163 e. The molecular weight excluding hydrogens is 264 g/mol. The summed E-state index contributed by atoms with van der Waals surface area (Å²) in [5, 5.41) is 0. The highest BCUT2D eigenvalue weighted by molar-refractivity contribution is 5.97. The fourth-order valence-corrected chi connectivity index (χ4v) is 2.23. The first-order chi connectivity index (χ1) is 10.1. The molecule has 0 heterocycles. The maximum absolute atomic E-state index is 11.7. The Morgan fingerprint density at radius 1 is 1.10 bits per heavy atom. The van der Waals surface area contributed by atoms with E-state index in [1.165, 1.54) is 5.56 Å². The lowest BCUT2D eigenvalue weighted by atomic mass is 9.98. The molecule has 0 atom stereocenters. The first kappa shape index (κ1) is 15.3. The van der Waals surface area contributed by atoms with E-state index >= 15 is 0 Å². The molecule has 2 aromatic carbocycles. The maximum Gasteiger partial charge on any atom is 0.163 e. The molecule has 21 heavy (non-hydrogen) atoms. The van der Waals surface area contributed by atoms with Gasteiger partial charge in [0.2, 0.25) is 0 Å². The number of aryl methyl sites for hydroxylation is 1. The van der Waals surface area contributed by atoms with E-state index in [1.54, 1.807) is 14.0 Å². The SMILES string of the molecule is COCCOc1cc(-c2ccccc2C)ccc1C(C)=O. The molecule has 3 nitrogen and oxygen atoms in total. The predicted octanol–water partition coefficient (Wildman–Crippen LogP) is 3.89. The van der Waals surface area contributed by atoms with E-state index in [0.29, 0.717) is 24.5 Å². The molecule has 3 heteroatoms. The normalized spacial score (nSPS) is 10.4. The number of hydrogen-bond acceptors (Lipinski definition) is 3. The molecule has 0 aromatic heterocycles. The van der Waals surface area contributed by atoms with Crippen LogP contribution in [0.1, 0.15) is 22.8 Å². The van der Waals surface area contributed by atoms with Gasteiger partial charge in [-0.25, -0.2) is 0 Å². The monoisotopic (exact) mass is 284 g/mol. The Kier molecular flexibility index (Phi) is 5.12. The average molecular weight is 284 g/mol. The van der Waals surface area contributed by atoms with Crippen molar-refractivity contribution in [2.45, 2.75) is 13.8 Å². The number of benzene rings is 2. The topological polar surface area (TPSA) is 35.5 Å². The first-order valence-electron chi connectivity index (χ1n) is 6.96. The molecule has 2 rings (SSSR count). The van der Waals surface area contributed by atoms with Gasteiger partial charge >= 0.3 is 0 Å². The third-order valence-electron chi connectivity index (χ3n) is 3.36. The summed E-state index contributed by atoms with van der Waals surface area (Å²) in [6.07, 6.45) is 0. The fourth-order valence-electron chi connectivity index (χ4n) is 2.23. The van der Waals surface area contributed by atoms with E-state index in [9.17, 15) is 4.79 Å². The van der Waals surface area contributed by atoms with Gasteiger partial charge in [-0.1, -0.05) is 30.3 Å². The number of ketones is 1. The standard InChI is InChI=1S/C18H20O3/c1-13-6-4-5-7-16(13)15-8-9-17(14(2)19)18(12-15)21-11-10-20-3/h4-9,12H,10-11H2,1-3H3. The van der Waals surface area contributed by atoms with Crippen LogP contribution >= 0.6 is 0 Å². The number of Topliss-reactive ketones (excluding diaryl/α,β-unsaturated/α-hetero) is 1. The second-order valence-electron chi connectivity index (χ2n) is 4.92. The van der Waals surface area contributed by atoms with Gasteiger partial charge in [0.1, 0.15) is 12.4 Å². The van der Waals surface area contributed by atoms with Crippen molar-refractivity contribution in [2.24, 2.45) is 0 Å². The van der Waals surface area contributed by atoms with E-state index in [1.807, 2.05) is 30.3 Å². The number of methoxy groups -OCH3 is 1. The molecular formula is C18H20O3. The Labute approximate surface area is 125 Å². The molecule has 0 saturated heterocycles. The van der Waals surface area contributed by atoms with Gasteiger partial charge < -0.3 is 9.47 Å². The molecule has 110 valence electrons. The molecule has 0 N–H and O–H groups in total. The molecule has 0 spiro atoms. The highest BCUT2D eigenvalue weighted by Gasteiger charge is 2.11. The molecule has 0 saturated carbocycles. The summed E-state index contributed by atoms with van der Waals surface area (Å²) in [4.78, 5) is 11.7. The molecule has 0 amide bonds. The molecule has 0 aliphatic rings. The minimum Gasteiger partial charge on any atom is -0.490 e. The van der Waals surface area contributed by atoms with Crippen LogP contribution in [0.2, 0.25) is 0 Å². The van der Waals surface area contributed by atoms with Crippen molar-refractivity contribution >= 4 is 5.78 Å². The minimum absolute atomic E-state index is 0.00116. The summed E-state index contributed by atoms with van der Waals surface area (Å²) in [6.45, 7) is 4.53. The Balaban J connectivity index is 2.39. The van der Waals surface area contributed by atoms with Crippen LogP contribution in [0.25, 0.3) is 11.1 Å². The van der Waals surface area contributed by atoms with Crippen molar-refractivity contribution < 1.29 is 14.3 Å². The van der Waals surface area contributed by atoms with Gasteiger partial charge in [0, 0.05) is 7.11 Å². The van der Waals surface area contributed by atoms with Crippen LogP contribution in [0.3, 0.4) is 0 Å². The van der Waals surface area contributed by atoms with E-state index < -0.39 is 0 Å². The Morgan fingerprint density at radius 3 is 2.52 bits per heavy atom. The van der Waals surface area contributed by atoms with E-state index in [0.717, 1.165) is 11.1 Å². The fraction of sp³-hybridized carbons (Fsp3) is 0.278. The van der Waals surface area contributed by atoms with E-state index in [4.69, 9.17) is 9.47 Å². The van der Waals surface area contributed by atoms with E-state index in [2.05, 4.69) is 19.1 Å². The van der Waals surface area contributed by atoms with Gasteiger partial charge in [-0.05, 0) is 42.7 Å². The summed E-state index contributed by atoms with van der Waals surface area (Å²) in [5.41, 5.74) is 3.98. The van der Waals surface area contributed by atoms with Gasteiger partial charge in [-0.3, -0.25) is 4.79 Å². The van der Waals surface area contributed by atoms with Gasteiger partial charge in [-0.2, -0.15) is 0 Å². The molecule has 0 unspecified atom stereocenters. The lowest BCUT2D eigenvalue weighted by Crippen LogP contribution is -2.07. The zero-order valence-corrected chi connectivity index (χ0v) is 12.7. The van der Waals surface area contributed by atoms with Crippen molar-refractivity contribution in [1.29, 1.82) is 0 Å². The highest BCUT2D eigenvalue weighted by atomic mass is 16.5. The lowest BCUT2D eigenvalue weighted by Gasteiger charge is -2.13. The molecule has 0 radical (unpaired) electrons. The summed E-state index contributed by atoms with van der Waals surface area (Å²) in [7, 11) is 1.62.